The minimum absolute atomic E-state index is 0.0566. The third-order valence-corrected chi connectivity index (χ3v) is 5.23. The van der Waals surface area contributed by atoms with Gasteiger partial charge in [0, 0.05) is 5.56 Å². The summed E-state index contributed by atoms with van der Waals surface area (Å²) in [5, 5.41) is 16.2. The van der Waals surface area contributed by atoms with Crippen LogP contribution < -0.4 is 4.74 Å². The lowest BCUT2D eigenvalue weighted by molar-refractivity contribution is -0.146. The number of hydrogen-bond donors (Lipinski definition) is 1. The van der Waals surface area contributed by atoms with Gasteiger partial charge in [-0.05, 0) is 42.3 Å². The molecule has 1 aliphatic heterocycles. The maximum atomic E-state index is 14.3. The van der Waals surface area contributed by atoms with Gasteiger partial charge in [-0.25, -0.2) is 4.39 Å². The van der Waals surface area contributed by atoms with E-state index >= 15 is 0 Å². The molecular formula is C21H17F4N3O4. The van der Waals surface area contributed by atoms with E-state index in [1.807, 2.05) is 0 Å². The summed E-state index contributed by atoms with van der Waals surface area (Å²) in [6, 6.07) is 8.24. The van der Waals surface area contributed by atoms with Gasteiger partial charge in [-0.15, -0.1) is 10.2 Å². The van der Waals surface area contributed by atoms with Crippen molar-refractivity contribution in [2.24, 2.45) is 0 Å². The van der Waals surface area contributed by atoms with Crippen LogP contribution in [0.5, 0.6) is 5.75 Å². The largest absolute Gasteiger partial charge is 0.496 e. The van der Waals surface area contributed by atoms with Crippen molar-refractivity contribution in [1.82, 2.24) is 14.8 Å². The second-order valence-electron chi connectivity index (χ2n) is 7.20. The molecule has 4 rings (SSSR count). The highest BCUT2D eigenvalue weighted by atomic mass is 19.4. The molecule has 0 radical (unpaired) electrons. The van der Waals surface area contributed by atoms with E-state index in [1.165, 1.54) is 13.2 Å². The summed E-state index contributed by atoms with van der Waals surface area (Å²) in [6.07, 6.45) is -8.05. The number of fused-ring (bicyclic) bond motifs is 3. The molecule has 0 saturated heterocycles. The molecule has 0 unspecified atom stereocenters. The fourth-order valence-corrected chi connectivity index (χ4v) is 3.84. The number of ether oxygens (including phenoxy) is 2. The molecule has 11 heteroatoms. The molecule has 0 fully saturated rings. The number of alkyl halides is 3. The van der Waals surface area contributed by atoms with Crippen LogP contribution in [0.3, 0.4) is 0 Å². The van der Waals surface area contributed by atoms with E-state index in [-0.39, 0.29) is 17.1 Å². The smallest absolute Gasteiger partial charge is 0.452 e. The molecule has 2 aromatic carbocycles. The van der Waals surface area contributed by atoms with Crippen LogP contribution in [0.2, 0.25) is 0 Å². The summed E-state index contributed by atoms with van der Waals surface area (Å²) in [7, 11) is 1.46. The van der Waals surface area contributed by atoms with Crippen LogP contribution in [0.1, 0.15) is 47.0 Å². The highest BCUT2D eigenvalue weighted by molar-refractivity contribution is 5.67. The number of methoxy groups -OCH3 is 1. The van der Waals surface area contributed by atoms with Crippen LogP contribution in [0.25, 0.3) is 5.69 Å². The lowest BCUT2D eigenvalue weighted by atomic mass is 9.95. The summed E-state index contributed by atoms with van der Waals surface area (Å²) in [4.78, 5) is 11.5. The molecule has 7 nitrogen and oxygen atoms in total. The molecule has 0 spiro atoms. The van der Waals surface area contributed by atoms with Gasteiger partial charge in [0.15, 0.2) is 5.82 Å². The van der Waals surface area contributed by atoms with E-state index in [9.17, 15) is 27.5 Å². The predicted octanol–water partition coefficient (Wildman–Crippen LogP) is 4.38. The van der Waals surface area contributed by atoms with Crippen molar-refractivity contribution in [3.8, 4) is 11.4 Å². The Morgan fingerprint density at radius 2 is 1.97 bits per heavy atom. The number of halogens is 4. The molecule has 2 atom stereocenters. The van der Waals surface area contributed by atoms with E-state index in [0.717, 1.165) is 12.1 Å². The molecule has 3 aromatic rings. The topological polar surface area (TPSA) is 86.5 Å². The highest BCUT2D eigenvalue weighted by Crippen LogP contribution is 2.44. The van der Waals surface area contributed by atoms with Gasteiger partial charge >= 0.3 is 12.1 Å². The summed E-state index contributed by atoms with van der Waals surface area (Å²) < 4.78 is 67.5. The number of rotatable bonds is 4. The second-order valence-corrected chi connectivity index (χ2v) is 7.20. The first-order valence-corrected chi connectivity index (χ1v) is 9.45. The number of carboxylic acid groups (broad SMARTS) is 1. The van der Waals surface area contributed by atoms with E-state index in [4.69, 9.17) is 9.47 Å². The first kappa shape index (κ1) is 21.8. The Morgan fingerprint density at radius 1 is 1.22 bits per heavy atom. The number of aromatic nitrogens is 3. The van der Waals surface area contributed by atoms with E-state index in [2.05, 4.69) is 10.2 Å². The maximum absolute atomic E-state index is 14.3. The third-order valence-electron chi connectivity index (χ3n) is 5.23. The van der Waals surface area contributed by atoms with Crippen LogP contribution in [-0.4, -0.2) is 33.0 Å². The fraction of sp³-hybridized carbons (Fsp3) is 0.286. The molecule has 2 heterocycles. The van der Waals surface area contributed by atoms with Crippen LogP contribution in [0, 0.1) is 12.7 Å². The van der Waals surface area contributed by atoms with E-state index in [0.29, 0.717) is 21.4 Å². The monoisotopic (exact) mass is 451 g/mol. The van der Waals surface area contributed by atoms with E-state index in [1.54, 1.807) is 25.1 Å². The summed E-state index contributed by atoms with van der Waals surface area (Å²) in [5.41, 5.74) is 1.11. The maximum Gasteiger partial charge on any atom is 0.452 e. The standard InChI is InChI=1S/C21H17F4N3O4/c1-10-12(4-3-5-15(10)31-2)18-13-8-11(22)6-7-14(13)28-19(16(32-18)9-17(29)30)26-27-20(28)21(23,24)25/h3-8,16,18H,9H2,1-2H3,(H,29,30)/t16-,18-/m0/s1. The molecule has 32 heavy (non-hydrogen) atoms. The van der Waals surface area contributed by atoms with Crippen LogP contribution in [-0.2, 0) is 15.7 Å². The average Bonchev–Trinajstić information content (AvgIpc) is 3.12. The zero-order chi connectivity index (χ0) is 23.2. The van der Waals surface area contributed by atoms with Gasteiger partial charge in [-0.1, -0.05) is 12.1 Å². The predicted molar refractivity (Wildman–Crippen MR) is 102 cm³/mol. The number of nitrogens with zero attached hydrogens (tertiary/aromatic N) is 3. The first-order valence-electron chi connectivity index (χ1n) is 9.45. The zero-order valence-electron chi connectivity index (χ0n) is 16.9. The van der Waals surface area contributed by atoms with Crippen molar-refractivity contribution in [3.63, 3.8) is 0 Å². The fourth-order valence-electron chi connectivity index (χ4n) is 3.84. The van der Waals surface area contributed by atoms with Crippen molar-refractivity contribution in [1.29, 1.82) is 0 Å². The number of carbonyl (C=O) groups is 1. The van der Waals surface area contributed by atoms with Crippen LogP contribution in [0.4, 0.5) is 17.6 Å². The Bertz CT molecular complexity index is 1190. The van der Waals surface area contributed by atoms with Crippen molar-refractivity contribution in [2.45, 2.75) is 31.7 Å². The minimum Gasteiger partial charge on any atom is -0.496 e. The van der Waals surface area contributed by atoms with Gasteiger partial charge < -0.3 is 14.6 Å². The van der Waals surface area contributed by atoms with Crippen molar-refractivity contribution in [2.75, 3.05) is 7.11 Å². The molecular weight excluding hydrogens is 434 g/mol. The Hall–Kier alpha value is -3.47. The minimum atomic E-state index is -4.89. The highest BCUT2D eigenvalue weighted by Gasteiger charge is 2.43. The van der Waals surface area contributed by atoms with Crippen molar-refractivity contribution < 1.29 is 36.9 Å². The number of aliphatic carboxylic acids is 1. The molecule has 0 amide bonds. The molecule has 0 saturated carbocycles. The molecule has 0 bridgehead atoms. The van der Waals surface area contributed by atoms with Crippen LogP contribution >= 0.6 is 0 Å². The Morgan fingerprint density at radius 3 is 2.62 bits per heavy atom. The van der Waals surface area contributed by atoms with Crippen molar-refractivity contribution in [3.05, 3.63) is 70.6 Å². The molecule has 0 aliphatic carbocycles. The number of benzene rings is 2. The second kappa shape index (κ2) is 7.90. The zero-order valence-corrected chi connectivity index (χ0v) is 16.9. The Labute approximate surface area is 179 Å². The van der Waals surface area contributed by atoms with Gasteiger partial charge in [-0.2, -0.15) is 13.2 Å². The lowest BCUT2D eigenvalue weighted by Gasteiger charge is -2.24. The van der Waals surface area contributed by atoms with Crippen molar-refractivity contribution >= 4 is 5.97 Å². The van der Waals surface area contributed by atoms with Gasteiger partial charge in [-0.3, -0.25) is 9.36 Å². The molecule has 1 aliphatic rings. The van der Waals surface area contributed by atoms with Gasteiger partial charge in [0.25, 0.3) is 0 Å². The normalized spacial score (nSPS) is 17.9. The Kier molecular flexibility index (Phi) is 5.37. The summed E-state index contributed by atoms with van der Waals surface area (Å²) in [5.74, 6) is -3.22. The quantitative estimate of drug-likeness (QED) is 0.593. The SMILES string of the molecule is COc1cccc([C@@H]2O[C@@H](CC(=O)O)c3nnc(C(F)(F)F)n3-c3ccc(F)cc32)c1C. The molecule has 1 N–H and O–H groups in total. The average molecular weight is 451 g/mol. The number of carboxylic acids is 1. The van der Waals surface area contributed by atoms with Gasteiger partial charge in [0.1, 0.15) is 23.8 Å². The first-order chi connectivity index (χ1) is 15.1. The number of hydrogen-bond acceptors (Lipinski definition) is 5. The van der Waals surface area contributed by atoms with Gasteiger partial charge in [0.05, 0.1) is 19.2 Å². The lowest BCUT2D eigenvalue weighted by Crippen LogP contribution is -2.17. The van der Waals surface area contributed by atoms with Crippen LogP contribution in [0.15, 0.2) is 36.4 Å². The molecule has 1 aromatic heterocycles. The van der Waals surface area contributed by atoms with Gasteiger partial charge in [0.2, 0.25) is 5.82 Å². The summed E-state index contributed by atoms with van der Waals surface area (Å²) >= 11 is 0. The third kappa shape index (κ3) is 3.68. The summed E-state index contributed by atoms with van der Waals surface area (Å²) in [6.45, 7) is 1.72. The Balaban J connectivity index is 2.03. The molecule has 168 valence electrons. The van der Waals surface area contributed by atoms with E-state index < -0.39 is 42.4 Å².